The molecule has 1 aromatic rings. The summed E-state index contributed by atoms with van der Waals surface area (Å²) in [5, 5.41) is 0. The van der Waals surface area contributed by atoms with Gasteiger partial charge in [0, 0.05) is 25.2 Å². The molecule has 9 heteroatoms. The van der Waals surface area contributed by atoms with Crippen molar-refractivity contribution in [2.24, 2.45) is 0 Å². The van der Waals surface area contributed by atoms with Crippen molar-refractivity contribution in [3.63, 3.8) is 0 Å². The molecule has 6 nitrogen and oxygen atoms in total. The van der Waals surface area contributed by atoms with Gasteiger partial charge >= 0.3 is 0 Å². The molecule has 0 spiro atoms. The van der Waals surface area contributed by atoms with Gasteiger partial charge in [-0.05, 0) is 24.0 Å². The molecule has 0 N–H and O–H groups in total. The number of rotatable bonds is 13. The van der Waals surface area contributed by atoms with E-state index in [9.17, 15) is 9.46 Å². The van der Waals surface area contributed by atoms with Crippen LogP contribution in [0.15, 0.2) is 30.8 Å². The van der Waals surface area contributed by atoms with Crippen LogP contribution < -0.4 is 4.89 Å². The maximum absolute atomic E-state index is 11.6. The Bertz CT molecular complexity index is 564. The minimum atomic E-state index is -4.20. The second-order valence-electron chi connectivity index (χ2n) is 6.83. The first-order valence-electron chi connectivity index (χ1n) is 8.91. The van der Waals surface area contributed by atoms with Gasteiger partial charge in [0.25, 0.3) is 7.82 Å². The molecule has 0 fully saturated rings. The van der Waals surface area contributed by atoms with Crippen molar-refractivity contribution in [2.75, 3.05) is 54.2 Å². The van der Waals surface area contributed by atoms with Crippen LogP contribution in [-0.4, -0.2) is 58.7 Å². The van der Waals surface area contributed by atoms with Gasteiger partial charge in [0.2, 0.25) is 0 Å². The van der Waals surface area contributed by atoms with E-state index in [0.717, 1.165) is 17.5 Å². The Morgan fingerprint density at radius 1 is 1.07 bits per heavy atom. The van der Waals surface area contributed by atoms with Gasteiger partial charge in [0.15, 0.2) is 0 Å². The quantitative estimate of drug-likeness (QED) is 0.251. The molecule has 1 atom stereocenters. The van der Waals surface area contributed by atoms with Gasteiger partial charge in [-0.15, -0.1) is 0 Å². The molecule has 0 aliphatic heterocycles. The van der Waals surface area contributed by atoms with E-state index in [0.29, 0.717) is 30.7 Å². The largest absolute Gasteiger partial charge is 0.756 e. The fourth-order valence-electron chi connectivity index (χ4n) is 1.89. The van der Waals surface area contributed by atoms with E-state index < -0.39 is 7.82 Å². The summed E-state index contributed by atoms with van der Waals surface area (Å²) in [4.78, 5) is 11.6. The van der Waals surface area contributed by atoms with Gasteiger partial charge in [-0.25, -0.2) is 0 Å². The Morgan fingerprint density at radius 2 is 1.61 bits per heavy atom. The molecule has 0 aliphatic rings. The average Bonchev–Trinajstić information content (AvgIpc) is 2.61. The minimum absolute atomic E-state index is 0. The average molecular weight is 469 g/mol. The Balaban J connectivity index is 0. The zero-order valence-corrected chi connectivity index (χ0v) is 20.7. The first-order chi connectivity index (χ1) is 12.7. The first-order valence-corrected chi connectivity index (χ1v) is 11.4. The SMILES string of the molecule is C=Cc1ccc(COCCCCOP(=O)([O-])OCC[N+](C)(C)C)cc1.C[PH-].[V]. The van der Waals surface area contributed by atoms with Crippen molar-refractivity contribution in [2.45, 2.75) is 19.4 Å². The second-order valence-corrected chi connectivity index (χ2v) is 8.24. The van der Waals surface area contributed by atoms with E-state index in [-0.39, 0.29) is 31.8 Å². The number of phosphoric ester groups is 1. The topological polar surface area (TPSA) is 67.8 Å². The summed E-state index contributed by atoms with van der Waals surface area (Å²) >= 11 is 0. The standard InChI is InChI=1S/C18H30NO5P.CH4P.V/c1-5-17-8-10-18(11-9-17)16-22-13-6-7-14-23-25(20,21)24-15-12-19(2,3)4;1-2;/h5,8-11H,1,6-7,12-16H2,2-4H3;2H,1H3;/q;-1;. The number of benzene rings is 1. The van der Waals surface area contributed by atoms with Crippen LogP contribution in [0.4, 0.5) is 0 Å². The molecule has 0 aromatic heterocycles. The summed E-state index contributed by atoms with van der Waals surface area (Å²) in [6, 6.07) is 7.98. The molecule has 28 heavy (non-hydrogen) atoms. The van der Waals surface area contributed by atoms with Crippen molar-refractivity contribution >= 4 is 23.1 Å². The van der Waals surface area contributed by atoms with Crippen LogP contribution >= 0.6 is 17.1 Å². The Labute approximate surface area is 184 Å². The molecule has 0 saturated carbocycles. The van der Waals surface area contributed by atoms with Gasteiger partial charge in [-0.3, -0.25) is 4.57 Å². The molecular formula is C19H34NO5P2V-. The number of nitrogens with zero attached hydrogens (tertiary/aromatic N) is 1. The maximum Gasteiger partial charge on any atom is 0.268 e. The number of hydrogen-bond acceptors (Lipinski definition) is 5. The van der Waals surface area contributed by atoms with Crippen molar-refractivity contribution in [3.8, 4) is 0 Å². The molecule has 0 bridgehead atoms. The van der Waals surface area contributed by atoms with Crippen molar-refractivity contribution in [1.29, 1.82) is 0 Å². The van der Waals surface area contributed by atoms with Crippen molar-refractivity contribution in [1.82, 2.24) is 0 Å². The predicted molar refractivity (Wildman–Crippen MR) is 112 cm³/mol. The van der Waals surface area contributed by atoms with Crippen molar-refractivity contribution < 1.29 is 46.3 Å². The van der Waals surface area contributed by atoms with Gasteiger partial charge in [0.1, 0.15) is 13.2 Å². The molecule has 0 amide bonds. The first kappa shape index (κ1) is 30.2. The molecular weight excluding hydrogens is 435 g/mol. The third-order valence-corrected chi connectivity index (χ3v) is 4.43. The summed E-state index contributed by atoms with van der Waals surface area (Å²) in [6.45, 7) is 7.44. The maximum atomic E-state index is 11.6. The van der Waals surface area contributed by atoms with Gasteiger partial charge in [0.05, 0.1) is 34.4 Å². The molecule has 1 rings (SSSR count). The fourth-order valence-corrected chi connectivity index (χ4v) is 2.62. The van der Waals surface area contributed by atoms with Crippen LogP contribution in [0.1, 0.15) is 24.0 Å². The van der Waals surface area contributed by atoms with Crippen molar-refractivity contribution in [3.05, 3.63) is 42.0 Å². The minimum Gasteiger partial charge on any atom is -0.756 e. The summed E-state index contributed by atoms with van der Waals surface area (Å²) < 4.78 is 27.5. The van der Waals surface area contributed by atoms with E-state index in [1.807, 2.05) is 45.4 Å². The van der Waals surface area contributed by atoms with Crippen LogP contribution in [0.5, 0.6) is 0 Å². The van der Waals surface area contributed by atoms with Crippen LogP contribution in [-0.2, 0) is 43.5 Å². The summed E-state index contributed by atoms with van der Waals surface area (Å²) in [5.74, 6) is 0. The number of likely N-dealkylation sites (N-methyl/N-ethyl adjacent to an activating group) is 1. The number of hydrogen-bond donors (Lipinski definition) is 0. The number of quaternary nitrogens is 1. The monoisotopic (exact) mass is 469 g/mol. The van der Waals surface area contributed by atoms with Gasteiger partial charge in [-0.2, -0.15) is 6.66 Å². The van der Waals surface area contributed by atoms with E-state index in [1.165, 1.54) is 0 Å². The fraction of sp³-hybridized carbons (Fsp3) is 0.579. The van der Waals surface area contributed by atoms with E-state index >= 15 is 0 Å². The Morgan fingerprint density at radius 3 is 2.14 bits per heavy atom. The van der Waals surface area contributed by atoms with Gasteiger partial charge in [-0.1, -0.05) is 36.9 Å². The van der Waals surface area contributed by atoms with E-state index in [2.05, 4.69) is 15.8 Å². The molecule has 0 aliphatic carbocycles. The third kappa shape index (κ3) is 16.9. The van der Waals surface area contributed by atoms with Crippen LogP contribution in [0, 0.1) is 0 Å². The molecule has 161 valence electrons. The van der Waals surface area contributed by atoms with Crippen LogP contribution in [0.3, 0.4) is 0 Å². The normalized spacial score (nSPS) is 12.9. The van der Waals surface area contributed by atoms with E-state index in [4.69, 9.17) is 13.8 Å². The third-order valence-electron chi connectivity index (χ3n) is 3.43. The number of ether oxygens (including phenoxy) is 1. The molecule has 1 aromatic carbocycles. The second kappa shape index (κ2) is 16.8. The molecule has 0 saturated heterocycles. The molecule has 0 heterocycles. The summed E-state index contributed by atoms with van der Waals surface area (Å²) in [5.41, 5.74) is 2.17. The number of unbranched alkanes of at least 4 members (excludes halogenated alkanes) is 1. The zero-order chi connectivity index (χ0) is 20.8. The smallest absolute Gasteiger partial charge is 0.268 e. The molecule has 1 unspecified atom stereocenters. The molecule has 1 radical (unpaired) electrons. The van der Waals surface area contributed by atoms with Crippen LogP contribution in [0.25, 0.3) is 6.08 Å². The summed E-state index contributed by atoms with van der Waals surface area (Å²) in [6.07, 6.45) is 3.12. The Kier molecular flexibility index (Phi) is 18.1. The van der Waals surface area contributed by atoms with E-state index in [1.54, 1.807) is 12.7 Å². The zero-order valence-electron chi connectivity index (χ0n) is 17.4. The number of phosphoric acid groups is 1. The van der Waals surface area contributed by atoms with Gasteiger partial charge < -0.3 is 32.4 Å². The predicted octanol–water partition coefficient (Wildman–Crippen LogP) is 3.59. The summed E-state index contributed by atoms with van der Waals surface area (Å²) in [7, 11) is 4.67. The Hall–Kier alpha value is 0.00442. The van der Waals surface area contributed by atoms with Crippen LogP contribution in [0.2, 0.25) is 0 Å².